The van der Waals surface area contributed by atoms with E-state index in [0.717, 1.165) is 18.7 Å². The van der Waals surface area contributed by atoms with Gasteiger partial charge in [-0.2, -0.15) is 0 Å². The lowest BCUT2D eigenvalue weighted by atomic mass is 9.74. The monoisotopic (exact) mass is 304 g/mol. The summed E-state index contributed by atoms with van der Waals surface area (Å²) in [5.41, 5.74) is 1.17. The molecule has 0 aromatic carbocycles. The smallest absolute Gasteiger partial charge is 0.224 e. The molecule has 2 aliphatic heterocycles. The van der Waals surface area contributed by atoms with Crippen LogP contribution in [0.25, 0.3) is 0 Å². The fraction of sp³-hybridized carbons (Fsp3) is 0.647. The molecule has 1 aliphatic carbocycles. The Hall–Kier alpha value is -1.03. The van der Waals surface area contributed by atoms with Gasteiger partial charge in [-0.1, -0.05) is 32.1 Å². The largest absolute Gasteiger partial charge is 0.353 e. The summed E-state index contributed by atoms with van der Waals surface area (Å²) in [4.78, 5) is 17.4. The first-order valence-electron chi connectivity index (χ1n) is 7.90. The molecular weight excluding hydrogens is 280 g/mol. The summed E-state index contributed by atoms with van der Waals surface area (Å²) in [6.45, 7) is 7.24. The molecule has 2 heterocycles. The van der Waals surface area contributed by atoms with Gasteiger partial charge in [0.05, 0.1) is 16.4 Å². The predicted molar refractivity (Wildman–Crippen MR) is 89.8 cm³/mol. The molecule has 3 aliphatic rings. The second kappa shape index (κ2) is 5.64. The van der Waals surface area contributed by atoms with Crippen molar-refractivity contribution in [2.24, 2.45) is 22.7 Å². The first-order chi connectivity index (χ1) is 10.0. The van der Waals surface area contributed by atoms with E-state index < -0.39 is 0 Å². The van der Waals surface area contributed by atoms with Gasteiger partial charge in [-0.15, -0.1) is 11.8 Å². The molecule has 4 unspecified atom stereocenters. The third kappa shape index (κ3) is 2.48. The maximum atomic E-state index is 12.7. The van der Waals surface area contributed by atoms with Crippen molar-refractivity contribution in [3.05, 3.63) is 24.3 Å². The van der Waals surface area contributed by atoms with Crippen LogP contribution in [0.3, 0.4) is 0 Å². The first-order valence-corrected chi connectivity index (χ1v) is 8.88. The Morgan fingerprint density at radius 1 is 1.43 bits per heavy atom. The highest BCUT2D eigenvalue weighted by Gasteiger charge is 2.54. The lowest BCUT2D eigenvalue weighted by Crippen LogP contribution is -2.48. The summed E-state index contributed by atoms with van der Waals surface area (Å²) >= 11 is 1.90. The molecule has 1 amide bonds. The van der Waals surface area contributed by atoms with Gasteiger partial charge in [-0.05, 0) is 31.3 Å². The molecule has 3 rings (SSSR count). The Morgan fingerprint density at radius 2 is 2.24 bits per heavy atom. The summed E-state index contributed by atoms with van der Waals surface area (Å²) < 4.78 is -0.0456. The van der Waals surface area contributed by atoms with Crippen molar-refractivity contribution < 1.29 is 4.79 Å². The van der Waals surface area contributed by atoms with Gasteiger partial charge >= 0.3 is 0 Å². The van der Waals surface area contributed by atoms with Crippen LogP contribution in [0.4, 0.5) is 0 Å². The van der Waals surface area contributed by atoms with Crippen LogP contribution in [0, 0.1) is 17.8 Å². The minimum atomic E-state index is -0.0456. The SMILES string of the molecule is CC(C)C(C)NC(=O)C1CSC23C=CC=CC2=NCCC13. The van der Waals surface area contributed by atoms with Crippen LogP contribution in [0.5, 0.6) is 0 Å². The topological polar surface area (TPSA) is 41.5 Å². The summed E-state index contributed by atoms with van der Waals surface area (Å²) in [5, 5.41) is 3.21. The molecule has 0 aromatic rings. The van der Waals surface area contributed by atoms with Crippen LogP contribution in [0.1, 0.15) is 27.2 Å². The minimum Gasteiger partial charge on any atom is -0.353 e. The first kappa shape index (κ1) is 14.9. The van der Waals surface area contributed by atoms with Crippen molar-refractivity contribution in [3.8, 4) is 0 Å². The zero-order valence-corrected chi connectivity index (χ0v) is 13.8. The second-order valence-corrected chi connectivity index (χ2v) is 7.93. The fourth-order valence-corrected chi connectivity index (χ4v) is 5.21. The molecule has 0 radical (unpaired) electrons. The van der Waals surface area contributed by atoms with E-state index in [4.69, 9.17) is 4.99 Å². The standard InChI is InChI=1S/C17H24N2OS/c1-11(2)12(3)19-16(20)13-10-21-17-8-5-4-6-15(17)18-9-7-14(13)17/h4-6,8,11-14H,7,9-10H2,1-3H3,(H,19,20). The van der Waals surface area contributed by atoms with E-state index in [0.29, 0.717) is 11.8 Å². The highest BCUT2D eigenvalue weighted by Crippen LogP contribution is 2.52. The van der Waals surface area contributed by atoms with Gasteiger partial charge in [0.15, 0.2) is 0 Å². The van der Waals surface area contributed by atoms with Crippen LogP contribution in [-0.2, 0) is 4.79 Å². The molecule has 0 bridgehead atoms. The van der Waals surface area contributed by atoms with E-state index in [1.165, 1.54) is 5.71 Å². The van der Waals surface area contributed by atoms with Crippen molar-refractivity contribution in [2.75, 3.05) is 12.3 Å². The molecule has 1 N–H and O–H groups in total. The van der Waals surface area contributed by atoms with Crippen molar-refractivity contribution >= 4 is 23.4 Å². The number of amides is 1. The summed E-state index contributed by atoms with van der Waals surface area (Å²) in [6.07, 6.45) is 9.57. The van der Waals surface area contributed by atoms with E-state index in [1.807, 2.05) is 11.8 Å². The number of hydrogen-bond acceptors (Lipinski definition) is 3. The molecular formula is C17H24N2OS. The molecule has 1 spiro atoms. The molecule has 4 atom stereocenters. The van der Waals surface area contributed by atoms with Crippen molar-refractivity contribution in [1.29, 1.82) is 0 Å². The Kier molecular flexibility index (Phi) is 4.00. The maximum absolute atomic E-state index is 12.7. The van der Waals surface area contributed by atoms with Gasteiger partial charge in [-0.3, -0.25) is 9.79 Å². The highest BCUT2D eigenvalue weighted by atomic mass is 32.2. The number of aliphatic imine (C=N–C) groups is 1. The molecule has 3 nitrogen and oxygen atoms in total. The van der Waals surface area contributed by atoms with Gasteiger partial charge in [0, 0.05) is 18.3 Å². The van der Waals surface area contributed by atoms with Crippen molar-refractivity contribution in [3.63, 3.8) is 0 Å². The number of nitrogens with one attached hydrogen (secondary N) is 1. The van der Waals surface area contributed by atoms with Gasteiger partial charge in [-0.25, -0.2) is 0 Å². The Balaban J connectivity index is 1.79. The fourth-order valence-electron chi connectivity index (χ4n) is 3.42. The summed E-state index contributed by atoms with van der Waals surface area (Å²) in [7, 11) is 0. The van der Waals surface area contributed by atoms with E-state index in [-0.39, 0.29) is 22.6 Å². The van der Waals surface area contributed by atoms with E-state index in [1.54, 1.807) is 0 Å². The number of rotatable bonds is 3. The average molecular weight is 304 g/mol. The second-order valence-electron chi connectivity index (χ2n) is 6.63. The lowest BCUT2D eigenvalue weighted by molar-refractivity contribution is -0.126. The number of carbonyl (C=O) groups is 1. The molecule has 21 heavy (non-hydrogen) atoms. The van der Waals surface area contributed by atoms with Crippen LogP contribution >= 0.6 is 11.8 Å². The van der Waals surface area contributed by atoms with Crippen LogP contribution in [0.2, 0.25) is 0 Å². The van der Waals surface area contributed by atoms with E-state index >= 15 is 0 Å². The van der Waals surface area contributed by atoms with E-state index in [2.05, 4.69) is 50.4 Å². The average Bonchev–Trinajstić information content (AvgIpc) is 2.84. The predicted octanol–water partition coefficient (Wildman–Crippen LogP) is 2.84. The number of hydrogen-bond donors (Lipinski definition) is 1. The van der Waals surface area contributed by atoms with Gasteiger partial charge < -0.3 is 5.32 Å². The third-order valence-electron chi connectivity index (χ3n) is 5.08. The normalized spacial score (nSPS) is 35.1. The number of thioether (sulfide) groups is 1. The Bertz CT molecular complexity index is 523. The van der Waals surface area contributed by atoms with Gasteiger partial charge in [0.25, 0.3) is 0 Å². The Morgan fingerprint density at radius 3 is 3.00 bits per heavy atom. The molecule has 1 fully saturated rings. The van der Waals surface area contributed by atoms with Crippen LogP contribution in [-0.4, -0.2) is 34.7 Å². The quantitative estimate of drug-likeness (QED) is 0.871. The van der Waals surface area contributed by atoms with E-state index in [9.17, 15) is 4.79 Å². The molecule has 1 saturated heterocycles. The number of carbonyl (C=O) groups excluding carboxylic acids is 1. The zero-order valence-electron chi connectivity index (χ0n) is 13.0. The Labute approximate surface area is 131 Å². The van der Waals surface area contributed by atoms with Gasteiger partial charge in [0.1, 0.15) is 0 Å². The molecule has 0 aromatic heterocycles. The van der Waals surface area contributed by atoms with Crippen LogP contribution in [0.15, 0.2) is 29.3 Å². The van der Waals surface area contributed by atoms with Crippen molar-refractivity contribution in [2.45, 2.75) is 38.0 Å². The molecule has 4 heteroatoms. The van der Waals surface area contributed by atoms with Crippen LogP contribution < -0.4 is 5.32 Å². The van der Waals surface area contributed by atoms with Gasteiger partial charge in [0.2, 0.25) is 5.91 Å². The van der Waals surface area contributed by atoms with Crippen molar-refractivity contribution in [1.82, 2.24) is 5.32 Å². The third-order valence-corrected chi connectivity index (χ3v) is 6.73. The molecule has 0 saturated carbocycles. The zero-order chi connectivity index (χ0) is 15.0. The molecule has 114 valence electrons. The number of nitrogens with zero attached hydrogens (tertiary/aromatic N) is 1. The minimum absolute atomic E-state index is 0.0456. The maximum Gasteiger partial charge on any atom is 0.224 e. The summed E-state index contributed by atoms with van der Waals surface area (Å²) in [6, 6.07) is 0.234. The highest BCUT2D eigenvalue weighted by molar-refractivity contribution is 8.02. The lowest BCUT2D eigenvalue weighted by Gasteiger charge is -2.38. The summed E-state index contributed by atoms with van der Waals surface area (Å²) in [5.74, 6) is 2.10. The number of allylic oxidation sites excluding steroid dienone is 3.